The predicted octanol–water partition coefficient (Wildman–Crippen LogP) is 3.60. The Labute approximate surface area is 136 Å². The van der Waals surface area contributed by atoms with Crippen molar-refractivity contribution in [3.8, 4) is 11.5 Å². The van der Waals surface area contributed by atoms with Gasteiger partial charge in [0, 0.05) is 24.6 Å². The maximum Gasteiger partial charge on any atom is 0.160 e. The number of likely N-dealkylation sites (tertiary alicyclic amines) is 1. The average molecular weight is 316 g/mol. The molecule has 0 bridgehead atoms. The molecule has 5 nitrogen and oxygen atoms in total. The first-order chi connectivity index (χ1) is 11.1. The minimum absolute atomic E-state index is 0.191. The number of rotatable bonds is 5. The Morgan fingerprint density at radius 2 is 2.26 bits per heavy atom. The molecule has 2 aromatic rings. The van der Waals surface area contributed by atoms with Crippen molar-refractivity contribution >= 4 is 0 Å². The van der Waals surface area contributed by atoms with Crippen LogP contribution in [0, 0.1) is 6.92 Å². The highest BCUT2D eigenvalue weighted by Crippen LogP contribution is 2.37. The molecular formula is C18H24N2O3. The number of hydrogen-bond donors (Lipinski definition) is 1. The molecular weight excluding hydrogens is 292 g/mol. The third-order valence-electron chi connectivity index (χ3n) is 4.63. The second-order valence-electron chi connectivity index (χ2n) is 6.09. The van der Waals surface area contributed by atoms with E-state index in [9.17, 15) is 5.11 Å². The normalized spacial score (nSPS) is 18.5. The van der Waals surface area contributed by atoms with Gasteiger partial charge in [0.15, 0.2) is 11.5 Å². The van der Waals surface area contributed by atoms with E-state index < -0.39 is 0 Å². The quantitative estimate of drug-likeness (QED) is 0.913. The Hall–Kier alpha value is -2.01. The lowest BCUT2D eigenvalue weighted by atomic mass is 10.0. The molecule has 1 aliphatic heterocycles. The minimum atomic E-state index is 0.191. The van der Waals surface area contributed by atoms with E-state index in [0.29, 0.717) is 11.8 Å². The van der Waals surface area contributed by atoms with Crippen molar-refractivity contribution in [2.24, 2.45) is 0 Å². The van der Waals surface area contributed by atoms with E-state index in [1.54, 1.807) is 13.2 Å². The molecule has 23 heavy (non-hydrogen) atoms. The maximum absolute atomic E-state index is 9.97. The van der Waals surface area contributed by atoms with Gasteiger partial charge in [-0.25, -0.2) is 0 Å². The van der Waals surface area contributed by atoms with Gasteiger partial charge in [0.1, 0.15) is 5.76 Å². The molecule has 0 amide bonds. The Morgan fingerprint density at radius 3 is 2.96 bits per heavy atom. The third kappa shape index (κ3) is 3.06. The standard InChI is InChI=1S/C18H24N2O3/c1-4-16-18(12(2)19-23-16)14-6-5-9-20(14)11-13-7-8-17(22-3)15(21)10-13/h7-8,10,14,21H,4-6,9,11H2,1-3H3/t14-/m1/s1. The van der Waals surface area contributed by atoms with Gasteiger partial charge in [0.05, 0.1) is 12.8 Å². The monoisotopic (exact) mass is 316 g/mol. The number of phenolic OH excluding ortho intramolecular Hbond substituents is 1. The van der Waals surface area contributed by atoms with Crippen molar-refractivity contribution < 1.29 is 14.4 Å². The molecule has 0 unspecified atom stereocenters. The topological polar surface area (TPSA) is 58.7 Å². The number of hydrogen-bond acceptors (Lipinski definition) is 5. The summed E-state index contributed by atoms with van der Waals surface area (Å²) >= 11 is 0. The number of aryl methyl sites for hydroxylation is 2. The van der Waals surface area contributed by atoms with E-state index in [1.165, 1.54) is 12.0 Å². The summed E-state index contributed by atoms with van der Waals surface area (Å²) in [6.07, 6.45) is 3.15. The fourth-order valence-corrected chi connectivity index (χ4v) is 3.52. The van der Waals surface area contributed by atoms with Gasteiger partial charge in [-0.3, -0.25) is 4.90 Å². The number of methoxy groups -OCH3 is 1. The number of nitrogens with zero attached hydrogens (tertiary/aromatic N) is 2. The molecule has 1 aromatic carbocycles. The first kappa shape index (κ1) is 15.9. The first-order valence-electron chi connectivity index (χ1n) is 8.19. The Bertz CT molecular complexity index is 681. The van der Waals surface area contributed by atoms with Crippen LogP contribution in [0.15, 0.2) is 22.7 Å². The largest absolute Gasteiger partial charge is 0.504 e. The van der Waals surface area contributed by atoms with E-state index in [0.717, 1.165) is 42.9 Å². The van der Waals surface area contributed by atoms with E-state index >= 15 is 0 Å². The van der Waals surface area contributed by atoms with Crippen LogP contribution in [0.4, 0.5) is 0 Å². The van der Waals surface area contributed by atoms with Gasteiger partial charge in [-0.15, -0.1) is 0 Å². The van der Waals surface area contributed by atoms with Crippen LogP contribution in [0.3, 0.4) is 0 Å². The summed E-state index contributed by atoms with van der Waals surface area (Å²) in [5.41, 5.74) is 3.33. The minimum Gasteiger partial charge on any atom is -0.504 e. The fourth-order valence-electron chi connectivity index (χ4n) is 3.52. The summed E-state index contributed by atoms with van der Waals surface area (Å²) in [6, 6.07) is 5.96. The third-order valence-corrected chi connectivity index (χ3v) is 4.63. The van der Waals surface area contributed by atoms with Crippen LogP contribution >= 0.6 is 0 Å². The van der Waals surface area contributed by atoms with Crippen LogP contribution in [0.2, 0.25) is 0 Å². The fraction of sp³-hybridized carbons (Fsp3) is 0.500. The molecule has 1 fully saturated rings. The van der Waals surface area contributed by atoms with Crippen molar-refractivity contribution in [3.63, 3.8) is 0 Å². The summed E-state index contributed by atoms with van der Waals surface area (Å²) in [7, 11) is 1.56. The summed E-state index contributed by atoms with van der Waals surface area (Å²) in [5, 5.41) is 14.1. The lowest BCUT2D eigenvalue weighted by Crippen LogP contribution is -2.23. The number of ether oxygens (including phenoxy) is 1. The van der Waals surface area contributed by atoms with Gasteiger partial charge >= 0.3 is 0 Å². The van der Waals surface area contributed by atoms with E-state index in [2.05, 4.69) is 17.0 Å². The lowest BCUT2D eigenvalue weighted by Gasteiger charge is -2.25. The number of phenols is 1. The molecule has 0 aliphatic carbocycles. The summed E-state index contributed by atoms with van der Waals surface area (Å²) in [5.74, 6) is 1.70. The van der Waals surface area contributed by atoms with E-state index in [1.807, 2.05) is 19.1 Å². The summed E-state index contributed by atoms with van der Waals surface area (Å²) < 4.78 is 10.6. The van der Waals surface area contributed by atoms with Crippen molar-refractivity contribution in [2.45, 2.75) is 45.7 Å². The molecule has 0 saturated carbocycles. The molecule has 5 heteroatoms. The zero-order valence-electron chi connectivity index (χ0n) is 14.0. The molecule has 0 spiro atoms. The predicted molar refractivity (Wildman–Crippen MR) is 87.7 cm³/mol. The molecule has 1 aromatic heterocycles. The summed E-state index contributed by atoms with van der Waals surface area (Å²) in [4.78, 5) is 2.44. The van der Waals surface area contributed by atoms with Crippen LogP contribution in [0.1, 0.15) is 48.4 Å². The SMILES string of the molecule is CCc1onc(C)c1[C@H]1CCCN1Cc1ccc(OC)c(O)c1. The molecule has 1 N–H and O–H groups in total. The van der Waals surface area contributed by atoms with Crippen LogP contribution in [0.25, 0.3) is 0 Å². The Morgan fingerprint density at radius 1 is 1.43 bits per heavy atom. The van der Waals surface area contributed by atoms with Gasteiger partial charge in [-0.1, -0.05) is 18.1 Å². The molecule has 124 valence electrons. The van der Waals surface area contributed by atoms with Crippen LogP contribution in [-0.4, -0.2) is 28.8 Å². The second-order valence-corrected chi connectivity index (χ2v) is 6.09. The highest BCUT2D eigenvalue weighted by Gasteiger charge is 2.31. The highest BCUT2D eigenvalue weighted by atomic mass is 16.5. The van der Waals surface area contributed by atoms with Gasteiger partial charge in [-0.05, 0) is 44.0 Å². The average Bonchev–Trinajstić information content (AvgIpc) is 3.13. The molecule has 1 saturated heterocycles. The molecule has 3 rings (SSSR count). The molecule has 2 heterocycles. The van der Waals surface area contributed by atoms with Gasteiger partial charge in [-0.2, -0.15) is 0 Å². The zero-order chi connectivity index (χ0) is 16.4. The van der Waals surface area contributed by atoms with Crippen molar-refractivity contribution in [1.82, 2.24) is 10.1 Å². The summed E-state index contributed by atoms with van der Waals surface area (Å²) in [6.45, 7) is 5.97. The van der Waals surface area contributed by atoms with Crippen molar-refractivity contribution in [1.29, 1.82) is 0 Å². The highest BCUT2D eigenvalue weighted by molar-refractivity contribution is 5.41. The van der Waals surface area contributed by atoms with Gasteiger partial charge in [0.2, 0.25) is 0 Å². The number of aromatic hydroxyl groups is 1. The van der Waals surface area contributed by atoms with Crippen LogP contribution in [0.5, 0.6) is 11.5 Å². The van der Waals surface area contributed by atoms with Gasteiger partial charge in [0.25, 0.3) is 0 Å². The van der Waals surface area contributed by atoms with E-state index in [-0.39, 0.29) is 5.75 Å². The molecule has 1 atom stereocenters. The molecule has 0 radical (unpaired) electrons. The molecule has 1 aliphatic rings. The Balaban J connectivity index is 1.82. The smallest absolute Gasteiger partial charge is 0.160 e. The number of aromatic nitrogens is 1. The van der Waals surface area contributed by atoms with E-state index in [4.69, 9.17) is 9.26 Å². The van der Waals surface area contributed by atoms with Crippen molar-refractivity contribution in [2.75, 3.05) is 13.7 Å². The van der Waals surface area contributed by atoms with Crippen molar-refractivity contribution in [3.05, 3.63) is 40.8 Å². The maximum atomic E-state index is 9.97. The first-order valence-corrected chi connectivity index (χ1v) is 8.19. The second kappa shape index (κ2) is 6.62. The van der Waals surface area contributed by atoms with Crippen LogP contribution in [-0.2, 0) is 13.0 Å². The Kier molecular flexibility index (Phi) is 4.57. The number of benzene rings is 1. The lowest BCUT2D eigenvalue weighted by molar-refractivity contribution is 0.244. The zero-order valence-corrected chi connectivity index (χ0v) is 14.0. The van der Waals surface area contributed by atoms with Gasteiger partial charge < -0.3 is 14.4 Å². The van der Waals surface area contributed by atoms with Crippen LogP contribution < -0.4 is 4.74 Å².